The molecule has 7 nitrogen and oxygen atoms in total. The Morgan fingerprint density at radius 2 is 1.68 bits per heavy atom. The van der Waals surface area contributed by atoms with Crippen molar-refractivity contribution in [3.05, 3.63) is 0 Å². The molecule has 19 heavy (non-hydrogen) atoms. The Balaban J connectivity index is 3.16. The third-order valence-corrected chi connectivity index (χ3v) is 2.04. The summed E-state index contributed by atoms with van der Waals surface area (Å²) in [6.07, 6.45) is 2.16. The molecule has 0 aliphatic rings. The monoisotopic (exact) mass is 277 g/mol. The van der Waals surface area contributed by atoms with Gasteiger partial charge in [0, 0.05) is 13.2 Å². The molecule has 0 saturated heterocycles. The zero-order valence-corrected chi connectivity index (χ0v) is 11.4. The van der Waals surface area contributed by atoms with Crippen molar-refractivity contribution >= 4 is 11.9 Å². The van der Waals surface area contributed by atoms with Crippen LogP contribution in [-0.2, 0) is 23.8 Å². The molecule has 0 aromatic rings. The second-order valence-corrected chi connectivity index (χ2v) is 3.81. The molecule has 112 valence electrons. The summed E-state index contributed by atoms with van der Waals surface area (Å²) in [5, 5.41) is 10.8. The lowest BCUT2D eigenvalue weighted by molar-refractivity contribution is -0.143. The fraction of sp³-hybridized carbons (Fsp3) is 0.833. The Morgan fingerprint density at radius 3 is 2.32 bits per heavy atom. The Kier molecular flexibility index (Phi) is 12.4. The summed E-state index contributed by atoms with van der Waals surface area (Å²) in [4.78, 5) is 21.2. The minimum Gasteiger partial charge on any atom is -0.480 e. The summed E-state index contributed by atoms with van der Waals surface area (Å²) in [6.45, 7) is 3.92. The average Bonchev–Trinajstić information content (AvgIpc) is 2.36. The summed E-state index contributed by atoms with van der Waals surface area (Å²) in [5.74, 6) is -1.46. The lowest BCUT2D eigenvalue weighted by Crippen LogP contribution is -2.31. The van der Waals surface area contributed by atoms with E-state index in [1.807, 2.05) is 0 Å². The highest BCUT2D eigenvalue weighted by molar-refractivity contribution is 5.77. The summed E-state index contributed by atoms with van der Waals surface area (Å²) >= 11 is 0. The maximum Gasteiger partial charge on any atom is 0.329 e. The smallest absolute Gasteiger partial charge is 0.329 e. The Morgan fingerprint density at radius 1 is 1.00 bits per heavy atom. The average molecular weight is 277 g/mol. The molecule has 1 amide bonds. The fourth-order valence-electron chi connectivity index (χ4n) is 1.11. The molecule has 0 radical (unpaired) electrons. The van der Waals surface area contributed by atoms with Crippen molar-refractivity contribution in [2.24, 2.45) is 0 Å². The van der Waals surface area contributed by atoms with Crippen LogP contribution in [0.3, 0.4) is 0 Å². The first-order valence-corrected chi connectivity index (χ1v) is 6.38. The summed E-state index contributed by atoms with van der Waals surface area (Å²) < 4.78 is 15.1. The van der Waals surface area contributed by atoms with Gasteiger partial charge in [-0.3, -0.25) is 4.79 Å². The number of carboxylic acids is 1. The van der Waals surface area contributed by atoms with Gasteiger partial charge in [0.25, 0.3) is 0 Å². The minimum atomic E-state index is -1.10. The van der Waals surface area contributed by atoms with E-state index in [4.69, 9.17) is 14.6 Å². The van der Waals surface area contributed by atoms with Crippen molar-refractivity contribution in [3.8, 4) is 0 Å². The molecule has 0 aromatic heterocycles. The predicted molar refractivity (Wildman–Crippen MR) is 68.0 cm³/mol. The summed E-state index contributed by atoms with van der Waals surface area (Å²) in [5.41, 5.74) is 0. The number of ether oxygens (including phenoxy) is 3. The number of amides is 1. The van der Waals surface area contributed by atoms with Gasteiger partial charge in [0.2, 0.25) is 5.91 Å². The van der Waals surface area contributed by atoms with Crippen LogP contribution in [0.5, 0.6) is 0 Å². The van der Waals surface area contributed by atoms with E-state index < -0.39 is 12.6 Å². The van der Waals surface area contributed by atoms with E-state index in [2.05, 4.69) is 17.0 Å². The van der Waals surface area contributed by atoms with E-state index in [1.165, 1.54) is 0 Å². The SMILES string of the molecule is CCCCOCCOCCNC(=O)COCC(=O)O. The minimum absolute atomic E-state index is 0.258. The first kappa shape index (κ1) is 17.8. The molecule has 0 heterocycles. The van der Waals surface area contributed by atoms with Gasteiger partial charge in [-0.25, -0.2) is 4.79 Å². The van der Waals surface area contributed by atoms with E-state index in [9.17, 15) is 9.59 Å². The third kappa shape index (κ3) is 14.8. The number of nitrogens with one attached hydrogen (secondary N) is 1. The zero-order chi connectivity index (χ0) is 14.3. The van der Waals surface area contributed by atoms with Gasteiger partial charge < -0.3 is 24.6 Å². The van der Waals surface area contributed by atoms with Gasteiger partial charge in [-0.15, -0.1) is 0 Å². The van der Waals surface area contributed by atoms with Crippen molar-refractivity contribution in [1.82, 2.24) is 5.32 Å². The second kappa shape index (κ2) is 13.3. The molecular weight excluding hydrogens is 254 g/mol. The standard InChI is InChI=1S/C12H23NO6/c1-2-3-5-17-7-8-18-6-4-13-11(14)9-19-10-12(15)16/h2-10H2,1H3,(H,13,14)(H,15,16). The normalized spacial score (nSPS) is 10.4. The van der Waals surface area contributed by atoms with E-state index in [-0.39, 0.29) is 12.5 Å². The number of hydrogen-bond donors (Lipinski definition) is 2. The van der Waals surface area contributed by atoms with Gasteiger partial charge >= 0.3 is 5.97 Å². The first-order valence-electron chi connectivity index (χ1n) is 6.38. The number of carbonyl (C=O) groups is 2. The van der Waals surface area contributed by atoms with E-state index in [0.29, 0.717) is 26.4 Å². The highest BCUT2D eigenvalue weighted by atomic mass is 16.5. The van der Waals surface area contributed by atoms with Crippen LogP contribution in [0.4, 0.5) is 0 Å². The molecule has 2 N–H and O–H groups in total. The van der Waals surface area contributed by atoms with Crippen molar-refractivity contribution < 1.29 is 28.9 Å². The molecule has 7 heteroatoms. The van der Waals surface area contributed by atoms with Gasteiger partial charge in [0.05, 0.1) is 19.8 Å². The van der Waals surface area contributed by atoms with Crippen LogP contribution in [0, 0.1) is 0 Å². The quantitative estimate of drug-likeness (QED) is 0.462. The maximum atomic E-state index is 11.1. The second-order valence-electron chi connectivity index (χ2n) is 3.81. The van der Waals surface area contributed by atoms with Crippen LogP contribution in [0.2, 0.25) is 0 Å². The van der Waals surface area contributed by atoms with Crippen LogP contribution in [0.1, 0.15) is 19.8 Å². The molecule has 0 aliphatic carbocycles. The Bertz CT molecular complexity index is 246. The molecule has 0 saturated carbocycles. The van der Waals surface area contributed by atoms with Gasteiger partial charge in [0.15, 0.2) is 0 Å². The van der Waals surface area contributed by atoms with Crippen molar-refractivity contribution in [3.63, 3.8) is 0 Å². The van der Waals surface area contributed by atoms with Gasteiger partial charge in [-0.1, -0.05) is 13.3 Å². The van der Waals surface area contributed by atoms with Crippen LogP contribution >= 0.6 is 0 Å². The first-order chi connectivity index (χ1) is 9.16. The van der Waals surface area contributed by atoms with Gasteiger partial charge in [-0.2, -0.15) is 0 Å². The van der Waals surface area contributed by atoms with Crippen LogP contribution in [0.25, 0.3) is 0 Å². The predicted octanol–water partition coefficient (Wildman–Crippen LogP) is 0.0371. The highest BCUT2D eigenvalue weighted by Crippen LogP contribution is 1.87. The number of carbonyl (C=O) groups excluding carboxylic acids is 1. The Labute approximate surface area is 113 Å². The van der Waals surface area contributed by atoms with E-state index >= 15 is 0 Å². The van der Waals surface area contributed by atoms with Gasteiger partial charge in [-0.05, 0) is 6.42 Å². The zero-order valence-electron chi connectivity index (χ0n) is 11.4. The maximum absolute atomic E-state index is 11.1. The number of carboxylic acid groups (broad SMARTS) is 1. The van der Waals surface area contributed by atoms with Crippen LogP contribution in [0.15, 0.2) is 0 Å². The van der Waals surface area contributed by atoms with E-state index in [1.54, 1.807) is 0 Å². The number of hydrogen-bond acceptors (Lipinski definition) is 5. The number of unbranched alkanes of at least 4 members (excludes halogenated alkanes) is 1. The van der Waals surface area contributed by atoms with Crippen molar-refractivity contribution in [2.75, 3.05) is 46.2 Å². The number of rotatable bonds is 13. The Hall–Kier alpha value is -1.18. The molecule has 0 fully saturated rings. The van der Waals surface area contributed by atoms with Crippen molar-refractivity contribution in [1.29, 1.82) is 0 Å². The highest BCUT2D eigenvalue weighted by Gasteiger charge is 2.02. The fourth-order valence-corrected chi connectivity index (χ4v) is 1.11. The molecule has 0 spiro atoms. The molecule has 0 aliphatic heterocycles. The van der Waals surface area contributed by atoms with Crippen LogP contribution < -0.4 is 5.32 Å². The molecule has 0 aromatic carbocycles. The topological polar surface area (TPSA) is 94.1 Å². The number of aliphatic carboxylic acids is 1. The van der Waals surface area contributed by atoms with Crippen LogP contribution in [-0.4, -0.2) is 63.2 Å². The lowest BCUT2D eigenvalue weighted by atomic mass is 10.4. The van der Waals surface area contributed by atoms with Gasteiger partial charge in [0.1, 0.15) is 13.2 Å². The summed E-state index contributed by atoms with van der Waals surface area (Å²) in [6, 6.07) is 0. The molecule has 0 atom stereocenters. The molecular formula is C12H23NO6. The largest absolute Gasteiger partial charge is 0.480 e. The third-order valence-electron chi connectivity index (χ3n) is 2.04. The van der Waals surface area contributed by atoms with E-state index in [0.717, 1.165) is 19.4 Å². The molecule has 0 unspecified atom stereocenters. The lowest BCUT2D eigenvalue weighted by Gasteiger charge is -2.07. The molecule has 0 rings (SSSR count). The van der Waals surface area contributed by atoms with Crippen molar-refractivity contribution in [2.45, 2.75) is 19.8 Å². The summed E-state index contributed by atoms with van der Waals surface area (Å²) in [7, 11) is 0. The molecule has 0 bridgehead atoms.